The van der Waals surface area contributed by atoms with Gasteiger partial charge in [0.2, 0.25) is 0 Å². The van der Waals surface area contributed by atoms with Gasteiger partial charge in [-0.1, -0.05) is 111 Å². The summed E-state index contributed by atoms with van der Waals surface area (Å²) in [6.45, 7) is 4.58. The van der Waals surface area contributed by atoms with Gasteiger partial charge in [-0.2, -0.15) is 0 Å². The van der Waals surface area contributed by atoms with Crippen LogP contribution in [0.5, 0.6) is 0 Å². The number of benzene rings is 4. The summed E-state index contributed by atoms with van der Waals surface area (Å²) in [6, 6.07) is 37.1. The third kappa shape index (κ3) is 3.64. The van der Waals surface area contributed by atoms with Crippen molar-refractivity contribution in [1.29, 1.82) is 0 Å². The molecule has 0 saturated carbocycles. The van der Waals surface area contributed by atoms with Crippen molar-refractivity contribution in [3.8, 4) is 33.4 Å². The second-order valence-electron chi connectivity index (χ2n) is 7.39. The average Bonchev–Trinajstić information content (AvgIpc) is 2.79. The molecule has 1 unspecified atom stereocenters. The zero-order chi connectivity index (χ0) is 19.3. The fourth-order valence-electron chi connectivity index (χ4n) is 3.86. The van der Waals surface area contributed by atoms with Crippen LogP contribution in [0.4, 0.5) is 0 Å². The summed E-state index contributed by atoms with van der Waals surface area (Å²) in [5.41, 5.74) is 9.13. The van der Waals surface area contributed by atoms with Crippen LogP contribution >= 0.6 is 0 Å². The summed E-state index contributed by atoms with van der Waals surface area (Å²) >= 11 is 0. The summed E-state index contributed by atoms with van der Waals surface area (Å²) in [5.74, 6) is 0.542. The van der Waals surface area contributed by atoms with E-state index < -0.39 is 0 Å². The number of rotatable bonds is 5. The first-order valence-electron chi connectivity index (χ1n) is 10.1. The molecule has 0 N–H and O–H groups in total. The molecule has 0 spiro atoms. The fourth-order valence-corrected chi connectivity index (χ4v) is 3.86. The smallest absolute Gasteiger partial charge is 0.0103 e. The van der Waals surface area contributed by atoms with Crippen molar-refractivity contribution in [2.75, 3.05) is 0 Å². The third-order valence-electron chi connectivity index (χ3n) is 5.60. The first kappa shape index (κ1) is 18.3. The van der Waals surface area contributed by atoms with E-state index in [0.29, 0.717) is 5.92 Å². The zero-order valence-electron chi connectivity index (χ0n) is 16.6. The Bertz CT molecular complexity index is 1060. The van der Waals surface area contributed by atoms with Gasteiger partial charge >= 0.3 is 0 Å². The Morgan fingerprint density at radius 2 is 1.11 bits per heavy atom. The van der Waals surface area contributed by atoms with E-state index in [1.54, 1.807) is 0 Å². The Hall–Kier alpha value is -3.12. The minimum Gasteiger partial charge on any atom is -0.0648 e. The first-order chi connectivity index (χ1) is 13.8. The van der Waals surface area contributed by atoms with E-state index in [2.05, 4.69) is 117 Å². The molecule has 0 fully saturated rings. The quantitative estimate of drug-likeness (QED) is 0.335. The van der Waals surface area contributed by atoms with Gasteiger partial charge in [0.1, 0.15) is 0 Å². The van der Waals surface area contributed by atoms with Gasteiger partial charge in [0.05, 0.1) is 0 Å². The molecule has 0 heteroatoms. The predicted octanol–water partition coefficient (Wildman–Crippen LogP) is 8.20. The van der Waals surface area contributed by atoms with Crippen molar-refractivity contribution < 1.29 is 0 Å². The molecule has 1 atom stereocenters. The van der Waals surface area contributed by atoms with Crippen LogP contribution in [0.15, 0.2) is 103 Å². The molecule has 0 bridgehead atoms. The average molecular weight is 363 g/mol. The lowest BCUT2D eigenvalue weighted by molar-refractivity contribution is 0.735. The molecule has 4 rings (SSSR count). The Labute approximate surface area is 168 Å². The number of hydrogen-bond donors (Lipinski definition) is 0. The standard InChI is InChI=1S/C28H26/c1-3-21(2)25-16-7-9-18-27(25)28-19-10-8-17-26(28)24-15-11-14-23(20-24)22-12-5-4-6-13-22/h4-21H,3H2,1-2H3. The topological polar surface area (TPSA) is 0 Å². The molecule has 0 radical (unpaired) electrons. The fraction of sp³-hybridized carbons (Fsp3) is 0.143. The molecule has 28 heavy (non-hydrogen) atoms. The van der Waals surface area contributed by atoms with Crippen molar-refractivity contribution in [2.24, 2.45) is 0 Å². The van der Waals surface area contributed by atoms with E-state index in [0.717, 1.165) is 6.42 Å². The van der Waals surface area contributed by atoms with Crippen molar-refractivity contribution in [2.45, 2.75) is 26.2 Å². The molecule has 0 aliphatic carbocycles. The van der Waals surface area contributed by atoms with Crippen molar-refractivity contribution in [1.82, 2.24) is 0 Å². The molecule has 0 heterocycles. The minimum absolute atomic E-state index is 0.542. The molecule has 0 aliphatic heterocycles. The molecular weight excluding hydrogens is 336 g/mol. The van der Waals surface area contributed by atoms with Gasteiger partial charge in [0.25, 0.3) is 0 Å². The SMILES string of the molecule is CCC(C)c1ccccc1-c1ccccc1-c1cccc(-c2ccccc2)c1. The highest BCUT2D eigenvalue weighted by Crippen LogP contribution is 2.38. The van der Waals surface area contributed by atoms with Crippen molar-refractivity contribution in [3.05, 3.63) is 109 Å². The Morgan fingerprint density at radius 3 is 1.86 bits per heavy atom. The normalized spacial score (nSPS) is 11.9. The van der Waals surface area contributed by atoms with E-state index in [9.17, 15) is 0 Å². The lowest BCUT2D eigenvalue weighted by atomic mass is 9.86. The van der Waals surface area contributed by atoms with E-state index in [1.807, 2.05) is 0 Å². The molecule has 0 nitrogen and oxygen atoms in total. The predicted molar refractivity (Wildman–Crippen MR) is 121 cm³/mol. The zero-order valence-corrected chi connectivity index (χ0v) is 16.6. The summed E-state index contributed by atoms with van der Waals surface area (Å²) in [5, 5.41) is 0. The lowest BCUT2D eigenvalue weighted by Gasteiger charge is -2.18. The van der Waals surface area contributed by atoms with Crippen LogP contribution in [0.25, 0.3) is 33.4 Å². The van der Waals surface area contributed by atoms with E-state index in [1.165, 1.54) is 38.9 Å². The van der Waals surface area contributed by atoms with Gasteiger partial charge in [-0.15, -0.1) is 0 Å². The highest BCUT2D eigenvalue weighted by atomic mass is 14.2. The highest BCUT2D eigenvalue weighted by molar-refractivity contribution is 5.86. The molecule has 0 aromatic heterocycles. The van der Waals surface area contributed by atoms with Crippen LogP contribution in [0.1, 0.15) is 31.7 Å². The molecule has 0 aliphatic rings. The van der Waals surface area contributed by atoms with Gasteiger partial charge in [0.15, 0.2) is 0 Å². The van der Waals surface area contributed by atoms with Crippen molar-refractivity contribution >= 4 is 0 Å². The summed E-state index contributed by atoms with van der Waals surface area (Å²) in [6.07, 6.45) is 1.14. The van der Waals surface area contributed by atoms with E-state index in [4.69, 9.17) is 0 Å². The van der Waals surface area contributed by atoms with Crippen LogP contribution in [0.3, 0.4) is 0 Å². The maximum absolute atomic E-state index is 2.32. The lowest BCUT2D eigenvalue weighted by Crippen LogP contribution is -1.96. The summed E-state index contributed by atoms with van der Waals surface area (Å²) in [4.78, 5) is 0. The van der Waals surface area contributed by atoms with E-state index in [-0.39, 0.29) is 0 Å². The molecule has 138 valence electrons. The molecular formula is C28H26. The van der Waals surface area contributed by atoms with E-state index >= 15 is 0 Å². The van der Waals surface area contributed by atoms with Gasteiger partial charge < -0.3 is 0 Å². The van der Waals surface area contributed by atoms with Gasteiger partial charge in [0, 0.05) is 0 Å². The van der Waals surface area contributed by atoms with Crippen LogP contribution in [-0.4, -0.2) is 0 Å². The summed E-state index contributed by atoms with van der Waals surface area (Å²) in [7, 11) is 0. The van der Waals surface area contributed by atoms with Gasteiger partial charge in [-0.25, -0.2) is 0 Å². The second kappa shape index (κ2) is 8.27. The maximum atomic E-state index is 2.32. The van der Waals surface area contributed by atoms with Crippen LogP contribution in [0, 0.1) is 0 Å². The Balaban J connectivity index is 1.85. The van der Waals surface area contributed by atoms with Gasteiger partial charge in [-0.3, -0.25) is 0 Å². The third-order valence-corrected chi connectivity index (χ3v) is 5.60. The van der Waals surface area contributed by atoms with Gasteiger partial charge in [-0.05, 0) is 57.3 Å². The molecule has 0 amide bonds. The molecule has 4 aromatic carbocycles. The largest absolute Gasteiger partial charge is 0.0648 e. The Kier molecular flexibility index (Phi) is 5.39. The molecule has 4 aromatic rings. The number of hydrogen-bond acceptors (Lipinski definition) is 0. The first-order valence-corrected chi connectivity index (χ1v) is 10.1. The highest BCUT2D eigenvalue weighted by Gasteiger charge is 2.14. The molecule has 0 saturated heterocycles. The minimum atomic E-state index is 0.542. The van der Waals surface area contributed by atoms with Crippen LogP contribution in [0.2, 0.25) is 0 Å². The van der Waals surface area contributed by atoms with Crippen LogP contribution in [-0.2, 0) is 0 Å². The second-order valence-corrected chi connectivity index (χ2v) is 7.39. The van der Waals surface area contributed by atoms with Crippen LogP contribution < -0.4 is 0 Å². The maximum Gasteiger partial charge on any atom is -0.0103 e. The Morgan fingerprint density at radius 1 is 0.536 bits per heavy atom. The van der Waals surface area contributed by atoms with Crippen molar-refractivity contribution in [3.63, 3.8) is 0 Å². The monoisotopic (exact) mass is 362 g/mol. The summed E-state index contributed by atoms with van der Waals surface area (Å²) < 4.78 is 0.